The highest BCUT2D eigenvalue weighted by Gasteiger charge is 2.41. The lowest BCUT2D eigenvalue weighted by atomic mass is 9.93. The van der Waals surface area contributed by atoms with Gasteiger partial charge in [-0.3, -0.25) is 14.4 Å². The molecule has 1 saturated heterocycles. The Labute approximate surface area is 228 Å². The number of carbonyl (C=O) groups excluding carboxylic acids is 4. The van der Waals surface area contributed by atoms with Crippen LogP contribution in [0.4, 0.5) is 0 Å². The van der Waals surface area contributed by atoms with Crippen LogP contribution in [-0.4, -0.2) is 95.2 Å². The van der Waals surface area contributed by atoms with E-state index < -0.39 is 36.2 Å². The van der Waals surface area contributed by atoms with Crippen molar-refractivity contribution in [1.29, 1.82) is 0 Å². The van der Waals surface area contributed by atoms with E-state index >= 15 is 0 Å². The standard InChI is InChI=1S/C28H39N3O8/c1-17-6-4-10-29-24(35)9-8-18(2)26(19(3)15-32)39-28(37)23-7-5-11-31(23)27(36)22-16-38-25(30-22)14-21(34)13-20(33)12-17/h4,6,8-9,12,18-20,22-23,26,32-33H,5,7,10-11,13-16H2,1-3H3,(H,29,35)/b6-4+,9-8+,17-12+/t18-,19+,20-,22?,23?,26+/m1/s1. The molecule has 3 aliphatic rings. The van der Waals surface area contributed by atoms with Gasteiger partial charge in [-0.05, 0) is 25.8 Å². The van der Waals surface area contributed by atoms with Gasteiger partial charge in [0, 0.05) is 38.0 Å². The summed E-state index contributed by atoms with van der Waals surface area (Å²) in [5, 5.41) is 22.8. The summed E-state index contributed by atoms with van der Waals surface area (Å²) in [5.74, 6) is -2.24. The number of nitrogens with zero attached hydrogens (tertiary/aromatic N) is 2. The number of nitrogens with one attached hydrogen (secondary N) is 1. The van der Waals surface area contributed by atoms with E-state index in [0.29, 0.717) is 19.4 Å². The van der Waals surface area contributed by atoms with Crippen LogP contribution in [0.2, 0.25) is 0 Å². The Balaban J connectivity index is 1.84. The maximum atomic E-state index is 13.2. The van der Waals surface area contributed by atoms with Gasteiger partial charge in [-0.15, -0.1) is 0 Å². The predicted molar refractivity (Wildman–Crippen MR) is 142 cm³/mol. The van der Waals surface area contributed by atoms with Crippen LogP contribution < -0.4 is 5.32 Å². The van der Waals surface area contributed by atoms with Crippen LogP contribution >= 0.6 is 0 Å². The summed E-state index contributed by atoms with van der Waals surface area (Å²) in [7, 11) is 0. The minimum absolute atomic E-state index is 0.0276. The number of fused-ring (bicyclic) bond motifs is 2. The fraction of sp³-hybridized carbons (Fsp3) is 0.607. The lowest BCUT2D eigenvalue weighted by Crippen LogP contribution is -2.47. The number of ketones is 1. The highest BCUT2D eigenvalue weighted by molar-refractivity contribution is 6.01. The Morgan fingerprint density at radius 2 is 2.00 bits per heavy atom. The number of cyclic esters (lactones) is 1. The van der Waals surface area contributed by atoms with Gasteiger partial charge in [0.05, 0.1) is 12.5 Å². The van der Waals surface area contributed by atoms with E-state index in [9.17, 15) is 29.4 Å². The Morgan fingerprint density at radius 3 is 2.74 bits per heavy atom. The molecule has 0 aromatic heterocycles. The predicted octanol–water partition coefficient (Wildman–Crippen LogP) is 0.850. The smallest absolute Gasteiger partial charge is 0.329 e. The molecule has 11 nitrogen and oxygen atoms in total. The van der Waals surface area contributed by atoms with Gasteiger partial charge in [0.25, 0.3) is 5.91 Å². The zero-order valence-corrected chi connectivity index (χ0v) is 22.7. The quantitative estimate of drug-likeness (QED) is 0.432. The average Bonchev–Trinajstić information content (AvgIpc) is 3.57. The molecule has 1 fully saturated rings. The Bertz CT molecular complexity index is 1050. The highest BCUT2D eigenvalue weighted by Crippen LogP contribution is 2.25. The number of hydrogen-bond donors (Lipinski definition) is 3. The molecule has 0 aromatic rings. The summed E-state index contributed by atoms with van der Waals surface area (Å²) in [6.45, 7) is 5.66. The third-order valence-corrected chi connectivity index (χ3v) is 6.99. The molecule has 214 valence electrons. The van der Waals surface area contributed by atoms with E-state index in [1.165, 1.54) is 11.0 Å². The van der Waals surface area contributed by atoms with Crippen LogP contribution in [0.1, 0.15) is 46.5 Å². The van der Waals surface area contributed by atoms with Gasteiger partial charge in [-0.25, -0.2) is 9.79 Å². The minimum atomic E-state index is -1.01. The number of carbonyl (C=O) groups is 4. The molecule has 11 heteroatoms. The summed E-state index contributed by atoms with van der Waals surface area (Å²) >= 11 is 0. The van der Waals surface area contributed by atoms with E-state index in [0.717, 1.165) is 5.57 Å². The van der Waals surface area contributed by atoms with Crippen LogP contribution in [0, 0.1) is 11.8 Å². The number of aliphatic hydroxyl groups excluding tert-OH is 2. The molecule has 3 heterocycles. The molecule has 3 N–H and O–H groups in total. The van der Waals surface area contributed by atoms with Crippen molar-refractivity contribution in [2.24, 2.45) is 16.8 Å². The second kappa shape index (κ2) is 14.2. The Morgan fingerprint density at radius 1 is 1.23 bits per heavy atom. The zero-order chi connectivity index (χ0) is 28.5. The Hall–Kier alpha value is -3.31. The monoisotopic (exact) mass is 545 g/mol. The number of hydrogen-bond acceptors (Lipinski definition) is 9. The molecule has 6 atom stereocenters. The number of allylic oxidation sites excluding steroid dienone is 2. The summed E-state index contributed by atoms with van der Waals surface area (Å²) in [5.41, 5.74) is 0.718. The average molecular weight is 546 g/mol. The molecule has 0 aliphatic carbocycles. The van der Waals surface area contributed by atoms with Crippen LogP contribution in [0.5, 0.6) is 0 Å². The number of Topliss-reactive ketones (excluding diaryl/α,β-unsaturated/α-hetero) is 1. The van der Waals surface area contributed by atoms with E-state index in [1.807, 2.05) is 0 Å². The molecular weight excluding hydrogens is 506 g/mol. The first-order valence-corrected chi connectivity index (χ1v) is 13.4. The number of esters is 1. The molecule has 2 amide bonds. The molecule has 2 unspecified atom stereocenters. The van der Waals surface area contributed by atoms with Crippen molar-refractivity contribution in [3.63, 3.8) is 0 Å². The van der Waals surface area contributed by atoms with Crippen molar-refractivity contribution in [1.82, 2.24) is 10.2 Å². The van der Waals surface area contributed by atoms with Crippen molar-refractivity contribution in [3.8, 4) is 0 Å². The summed E-state index contributed by atoms with van der Waals surface area (Å²) < 4.78 is 11.3. The van der Waals surface area contributed by atoms with Gasteiger partial charge in [-0.2, -0.15) is 0 Å². The second-order valence-electron chi connectivity index (χ2n) is 10.4. The molecule has 0 aromatic carbocycles. The first kappa shape index (κ1) is 30.2. The van der Waals surface area contributed by atoms with Crippen LogP contribution in [0.3, 0.4) is 0 Å². The normalized spacial score (nSPS) is 33.6. The number of rotatable bonds is 2. The molecule has 0 spiro atoms. The molecular formula is C28H39N3O8. The number of aliphatic imine (C=N–C) groups is 1. The summed E-state index contributed by atoms with van der Waals surface area (Å²) in [4.78, 5) is 56.9. The number of ether oxygens (including phenoxy) is 2. The largest absolute Gasteiger partial charge is 0.478 e. The van der Waals surface area contributed by atoms with Gasteiger partial charge in [0.2, 0.25) is 5.91 Å². The first-order chi connectivity index (χ1) is 18.6. The van der Waals surface area contributed by atoms with E-state index in [2.05, 4.69) is 10.3 Å². The van der Waals surface area contributed by atoms with Crippen molar-refractivity contribution in [2.45, 2.75) is 70.7 Å². The highest BCUT2D eigenvalue weighted by atomic mass is 16.5. The molecule has 3 rings (SSSR count). The van der Waals surface area contributed by atoms with Gasteiger partial charge in [-0.1, -0.05) is 43.7 Å². The molecule has 3 aliphatic heterocycles. The molecule has 39 heavy (non-hydrogen) atoms. The minimum Gasteiger partial charge on any atom is -0.478 e. The summed E-state index contributed by atoms with van der Waals surface area (Å²) in [6.07, 6.45) is 7.01. The van der Waals surface area contributed by atoms with Crippen LogP contribution in [0.15, 0.2) is 40.9 Å². The fourth-order valence-electron chi connectivity index (χ4n) is 4.88. The lowest BCUT2D eigenvalue weighted by molar-refractivity contribution is -0.163. The third-order valence-electron chi connectivity index (χ3n) is 6.99. The SMILES string of the molecule is CC1=C\[C@@H](O)CC(=O)CC2=NC(CO2)C(=O)N2CCCC2C(=O)O[C@H]([C@@H](C)CO)[C@H](C)/C=C/C(=O)NC\C=C\1. The lowest BCUT2D eigenvalue weighted by Gasteiger charge is -2.30. The maximum absolute atomic E-state index is 13.2. The topological polar surface area (TPSA) is 155 Å². The van der Waals surface area contributed by atoms with Gasteiger partial charge >= 0.3 is 5.97 Å². The number of amides is 2. The van der Waals surface area contributed by atoms with Crippen LogP contribution in [0.25, 0.3) is 0 Å². The second-order valence-corrected chi connectivity index (χ2v) is 10.4. The van der Waals surface area contributed by atoms with E-state index in [-0.39, 0.29) is 62.0 Å². The van der Waals surface area contributed by atoms with Crippen molar-refractivity contribution < 1.29 is 38.9 Å². The molecule has 0 radical (unpaired) electrons. The van der Waals surface area contributed by atoms with E-state index in [4.69, 9.17) is 9.47 Å². The van der Waals surface area contributed by atoms with Crippen LogP contribution in [-0.2, 0) is 28.7 Å². The zero-order valence-electron chi connectivity index (χ0n) is 22.7. The van der Waals surface area contributed by atoms with E-state index in [1.54, 1.807) is 45.1 Å². The Kier molecular flexibility index (Phi) is 11.0. The third kappa shape index (κ3) is 8.59. The van der Waals surface area contributed by atoms with Crippen molar-refractivity contribution in [3.05, 3.63) is 36.0 Å². The number of aliphatic hydroxyl groups is 2. The van der Waals surface area contributed by atoms with Gasteiger partial charge < -0.3 is 29.9 Å². The van der Waals surface area contributed by atoms with Crippen molar-refractivity contribution >= 4 is 29.5 Å². The molecule has 2 bridgehead atoms. The fourth-order valence-corrected chi connectivity index (χ4v) is 4.88. The maximum Gasteiger partial charge on any atom is 0.329 e. The van der Waals surface area contributed by atoms with Gasteiger partial charge in [0.1, 0.15) is 24.5 Å². The molecule has 0 saturated carbocycles. The summed E-state index contributed by atoms with van der Waals surface area (Å²) in [6, 6.07) is -1.67. The first-order valence-electron chi connectivity index (χ1n) is 13.4. The van der Waals surface area contributed by atoms with Crippen molar-refractivity contribution in [2.75, 3.05) is 26.3 Å². The van der Waals surface area contributed by atoms with Gasteiger partial charge in [0.15, 0.2) is 11.9 Å².